The normalized spacial score (nSPS) is 14.5. The number of amides is 2. The van der Waals surface area contributed by atoms with Crippen LogP contribution in [0.5, 0.6) is 0 Å². The van der Waals surface area contributed by atoms with Gasteiger partial charge in [0.1, 0.15) is 0 Å². The Hall–Kier alpha value is -2.21. The van der Waals surface area contributed by atoms with Gasteiger partial charge in [0.25, 0.3) is 5.91 Å². The second-order valence-electron chi connectivity index (χ2n) is 6.02. The Kier molecular flexibility index (Phi) is 5.25. The van der Waals surface area contributed by atoms with Crippen LogP contribution in [0.4, 0.5) is 0 Å². The molecular formula is C18H21N3O2S. The predicted molar refractivity (Wildman–Crippen MR) is 94.1 cm³/mol. The maximum atomic E-state index is 12.2. The number of rotatable bonds is 5. The van der Waals surface area contributed by atoms with E-state index in [2.05, 4.69) is 15.6 Å². The van der Waals surface area contributed by atoms with Crippen LogP contribution in [-0.2, 0) is 17.6 Å². The molecule has 0 spiro atoms. The monoisotopic (exact) mass is 343 g/mol. The second-order valence-corrected chi connectivity index (χ2v) is 7.16. The summed E-state index contributed by atoms with van der Waals surface area (Å²) in [4.78, 5) is 30.3. The highest BCUT2D eigenvalue weighted by atomic mass is 32.1. The summed E-state index contributed by atoms with van der Waals surface area (Å²) in [5.74, 6) is -0.375. The zero-order valence-corrected chi connectivity index (χ0v) is 14.5. The highest BCUT2D eigenvalue weighted by molar-refractivity contribution is 7.14. The largest absolute Gasteiger partial charge is 0.348 e. The van der Waals surface area contributed by atoms with Crippen molar-refractivity contribution in [1.29, 1.82) is 0 Å². The molecule has 3 rings (SSSR count). The second kappa shape index (κ2) is 7.57. The molecule has 0 saturated heterocycles. The van der Waals surface area contributed by atoms with E-state index in [9.17, 15) is 9.59 Å². The van der Waals surface area contributed by atoms with E-state index in [1.807, 2.05) is 25.1 Å². The van der Waals surface area contributed by atoms with Crippen LogP contribution in [0.15, 0.2) is 30.6 Å². The summed E-state index contributed by atoms with van der Waals surface area (Å²) in [6.45, 7) is 1.87. The molecule has 1 atom stereocenters. The third kappa shape index (κ3) is 4.00. The fraction of sp³-hybridized carbons (Fsp3) is 0.389. The summed E-state index contributed by atoms with van der Waals surface area (Å²) in [6.07, 6.45) is 7.93. The molecule has 0 radical (unpaired) electrons. The van der Waals surface area contributed by atoms with E-state index in [0.29, 0.717) is 4.88 Å². The van der Waals surface area contributed by atoms with Crippen molar-refractivity contribution in [2.75, 3.05) is 6.54 Å². The zero-order valence-electron chi connectivity index (χ0n) is 13.7. The lowest BCUT2D eigenvalue weighted by Crippen LogP contribution is -2.37. The minimum absolute atomic E-state index is 0.0218. The topological polar surface area (TPSA) is 71.1 Å². The standard InChI is InChI=1S/C18H21N3O2S/c1-12(14-6-4-8-19-10-14)21-17(22)11-20-18(23)16-9-13-5-2-3-7-15(13)24-16/h4,6,8-10,12H,2-3,5,7,11H2,1H3,(H,20,23)(H,21,22). The number of hydrogen-bond donors (Lipinski definition) is 2. The molecule has 2 aromatic rings. The van der Waals surface area contributed by atoms with Gasteiger partial charge in [-0.25, -0.2) is 0 Å². The quantitative estimate of drug-likeness (QED) is 0.877. The van der Waals surface area contributed by atoms with Gasteiger partial charge in [-0.15, -0.1) is 11.3 Å². The minimum Gasteiger partial charge on any atom is -0.348 e. The summed E-state index contributed by atoms with van der Waals surface area (Å²) in [5.41, 5.74) is 2.23. The lowest BCUT2D eigenvalue weighted by atomic mass is 9.99. The first-order valence-electron chi connectivity index (χ1n) is 8.22. The van der Waals surface area contributed by atoms with Gasteiger partial charge < -0.3 is 10.6 Å². The third-order valence-electron chi connectivity index (χ3n) is 4.19. The van der Waals surface area contributed by atoms with Crippen LogP contribution >= 0.6 is 11.3 Å². The number of carbonyl (C=O) groups excluding carboxylic acids is 2. The number of carbonyl (C=O) groups is 2. The SMILES string of the molecule is CC(NC(=O)CNC(=O)c1cc2c(s1)CCCC2)c1cccnc1. The number of fused-ring (bicyclic) bond motifs is 1. The number of hydrogen-bond acceptors (Lipinski definition) is 4. The molecule has 2 N–H and O–H groups in total. The van der Waals surface area contributed by atoms with Crippen molar-refractivity contribution in [2.24, 2.45) is 0 Å². The first-order chi connectivity index (χ1) is 11.6. The van der Waals surface area contributed by atoms with Crippen LogP contribution in [0, 0.1) is 0 Å². The molecule has 0 bridgehead atoms. The Morgan fingerprint density at radius 2 is 2.17 bits per heavy atom. The summed E-state index contributed by atoms with van der Waals surface area (Å²) < 4.78 is 0. The molecule has 1 aliphatic rings. The highest BCUT2D eigenvalue weighted by Crippen LogP contribution is 2.29. The molecular weight excluding hydrogens is 322 g/mol. The molecule has 5 nitrogen and oxygen atoms in total. The summed E-state index contributed by atoms with van der Waals surface area (Å²) in [7, 11) is 0. The van der Waals surface area contributed by atoms with Gasteiger partial charge in [0.2, 0.25) is 5.91 Å². The van der Waals surface area contributed by atoms with Crippen molar-refractivity contribution < 1.29 is 9.59 Å². The van der Waals surface area contributed by atoms with E-state index in [1.165, 1.54) is 23.3 Å². The Bertz CT molecular complexity index is 704. The zero-order chi connectivity index (χ0) is 16.9. The molecule has 0 aromatic carbocycles. The average molecular weight is 343 g/mol. The first kappa shape index (κ1) is 16.6. The van der Waals surface area contributed by atoms with E-state index in [0.717, 1.165) is 18.4 Å². The molecule has 0 saturated carbocycles. The van der Waals surface area contributed by atoms with Gasteiger partial charge in [-0.2, -0.15) is 0 Å². The Labute approximate surface area is 145 Å². The fourth-order valence-electron chi connectivity index (χ4n) is 2.86. The van der Waals surface area contributed by atoms with Crippen molar-refractivity contribution in [3.63, 3.8) is 0 Å². The molecule has 1 unspecified atom stereocenters. The molecule has 126 valence electrons. The third-order valence-corrected chi connectivity index (χ3v) is 5.43. The molecule has 0 fully saturated rings. The van der Waals surface area contributed by atoms with Crippen LogP contribution < -0.4 is 10.6 Å². The van der Waals surface area contributed by atoms with Gasteiger partial charge >= 0.3 is 0 Å². The number of pyridine rings is 1. The molecule has 2 heterocycles. The van der Waals surface area contributed by atoms with Gasteiger partial charge in [-0.3, -0.25) is 14.6 Å². The number of nitrogens with zero attached hydrogens (tertiary/aromatic N) is 1. The van der Waals surface area contributed by atoms with E-state index < -0.39 is 0 Å². The molecule has 2 amide bonds. The fourth-order valence-corrected chi connectivity index (χ4v) is 4.03. The van der Waals surface area contributed by atoms with E-state index in [-0.39, 0.29) is 24.4 Å². The average Bonchev–Trinajstić information content (AvgIpc) is 3.04. The van der Waals surface area contributed by atoms with E-state index in [4.69, 9.17) is 0 Å². The number of thiophene rings is 1. The molecule has 24 heavy (non-hydrogen) atoms. The van der Waals surface area contributed by atoms with Crippen molar-refractivity contribution in [3.05, 3.63) is 51.5 Å². The first-order valence-corrected chi connectivity index (χ1v) is 9.04. The van der Waals surface area contributed by atoms with E-state index >= 15 is 0 Å². The van der Waals surface area contributed by atoms with Crippen LogP contribution in [0.3, 0.4) is 0 Å². The predicted octanol–water partition coefficient (Wildman–Crippen LogP) is 2.63. The van der Waals surface area contributed by atoms with Gasteiger partial charge in [-0.05, 0) is 55.9 Å². The molecule has 2 aromatic heterocycles. The highest BCUT2D eigenvalue weighted by Gasteiger charge is 2.18. The molecule has 1 aliphatic carbocycles. The number of nitrogens with one attached hydrogen (secondary N) is 2. The summed E-state index contributed by atoms with van der Waals surface area (Å²) in [5, 5.41) is 5.57. The van der Waals surface area contributed by atoms with Crippen LogP contribution in [-0.4, -0.2) is 23.3 Å². The molecule has 0 aliphatic heterocycles. The Balaban J connectivity index is 1.50. The van der Waals surface area contributed by atoms with Crippen molar-refractivity contribution >= 4 is 23.2 Å². The number of aromatic nitrogens is 1. The molecule has 6 heteroatoms. The van der Waals surface area contributed by atoms with Crippen LogP contribution in [0.1, 0.15) is 51.5 Å². The Morgan fingerprint density at radius 1 is 1.33 bits per heavy atom. The van der Waals surface area contributed by atoms with Crippen LogP contribution in [0.2, 0.25) is 0 Å². The Morgan fingerprint density at radius 3 is 2.92 bits per heavy atom. The summed E-state index contributed by atoms with van der Waals surface area (Å²) >= 11 is 1.55. The smallest absolute Gasteiger partial charge is 0.261 e. The van der Waals surface area contributed by atoms with Gasteiger partial charge in [0.15, 0.2) is 0 Å². The number of aryl methyl sites for hydroxylation is 2. The van der Waals surface area contributed by atoms with Crippen molar-refractivity contribution in [2.45, 2.75) is 38.6 Å². The van der Waals surface area contributed by atoms with E-state index in [1.54, 1.807) is 23.7 Å². The maximum absolute atomic E-state index is 12.2. The summed E-state index contributed by atoms with van der Waals surface area (Å²) in [6, 6.07) is 5.58. The lowest BCUT2D eigenvalue weighted by Gasteiger charge is -2.14. The maximum Gasteiger partial charge on any atom is 0.261 e. The van der Waals surface area contributed by atoms with Gasteiger partial charge in [0.05, 0.1) is 17.5 Å². The van der Waals surface area contributed by atoms with Gasteiger partial charge in [0, 0.05) is 17.3 Å². The van der Waals surface area contributed by atoms with Gasteiger partial charge in [-0.1, -0.05) is 6.07 Å². The van der Waals surface area contributed by atoms with Crippen molar-refractivity contribution in [1.82, 2.24) is 15.6 Å². The minimum atomic E-state index is -0.207. The van der Waals surface area contributed by atoms with Crippen LogP contribution in [0.25, 0.3) is 0 Å². The van der Waals surface area contributed by atoms with Crippen molar-refractivity contribution in [3.8, 4) is 0 Å². The lowest BCUT2D eigenvalue weighted by molar-refractivity contribution is -0.120.